The molecular weight excluding hydrogens is 426 g/mol. The number of hydrogen-bond acceptors (Lipinski definition) is 8. The summed E-state index contributed by atoms with van der Waals surface area (Å²) in [5.74, 6) is 0.793. The van der Waals surface area contributed by atoms with Crippen LogP contribution < -0.4 is 10.1 Å². The molecule has 1 fully saturated rings. The SMILES string of the molecule is N#Cc1cc(NC(=O)c2snc(OCc3ccccc3)c2C2CC2)cnc1-n1nccn1. The maximum atomic E-state index is 13.0. The van der Waals surface area contributed by atoms with Crippen LogP contribution in [0.1, 0.15) is 45.1 Å². The summed E-state index contributed by atoms with van der Waals surface area (Å²) in [7, 11) is 0. The molecule has 1 saturated carbocycles. The predicted octanol–water partition coefficient (Wildman–Crippen LogP) is 3.70. The van der Waals surface area contributed by atoms with Crippen molar-refractivity contribution in [1.29, 1.82) is 5.26 Å². The number of pyridine rings is 1. The van der Waals surface area contributed by atoms with Gasteiger partial charge in [-0.3, -0.25) is 4.79 Å². The lowest BCUT2D eigenvalue weighted by atomic mass is 10.1. The fourth-order valence-electron chi connectivity index (χ4n) is 3.29. The van der Waals surface area contributed by atoms with E-state index in [9.17, 15) is 10.1 Å². The number of nitrogens with one attached hydrogen (secondary N) is 1. The third-order valence-electron chi connectivity index (χ3n) is 4.96. The molecule has 0 atom stereocenters. The number of anilines is 1. The first-order valence-electron chi connectivity index (χ1n) is 9.97. The summed E-state index contributed by atoms with van der Waals surface area (Å²) in [5, 5.41) is 20.3. The summed E-state index contributed by atoms with van der Waals surface area (Å²) in [6, 6.07) is 13.5. The number of hydrogen-bond donors (Lipinski definition) is 1. The second-order valence-corrected chi connectivity index (χ2v) is 8.03. The smallest absolute Gasteiger partial charge is 0.267 e. The van der Waals surface area contributed by atoms with Gasteiger partial charge < -0.3 is 10.1 Å². The Morgan fingerprint density at radius 3 is 2.75 bits per heavy atom. The summed E-state index contributed by atoms with van der Waals surface area (Å²) in [5.41, 5.74) is 2.55. The van der Waals surface area contributed by atoms with Crippen molar-refractivity contribution < 1.29 is 9.53 Å². The van der Waals surface area contributed by atoms with E-state index in [1.807, 2.05) is 30.3 Å². The fraction of sp³-hybridized carbons (Fsp3) is 0.182. The Balaban J connectivity index is 1.36. The predicted molar refractivity (Wildman–Crippen MR) is 117 cm³/mol. The van der Waals surface area contributed by atoms with Crippen LogP contribution in [0.3, 0.4) is 0 Å². The minimum absolute atomic E-state index is 0.248. The number of aromatic nitrogens is 5. The number of ether oxygens (including phenoxy) is 1. The van der Waals surface area contributed by atoms with Gasteiger partial charge in [0.15, 0.2) is 5.82 Å². The maximum Gasteiger partial charge on any atom is 0.267 e. The Kier molecular flexibility index (Phi) is 5.31. The van der Waals surface area contributed by atoms with Crippen LogP contribution in [0.5, 0.6) is 5.88 Å². The molecule has 4 aromatic rings. The zero-order chi connectivity index (χ0) is 21.9. The molecule has 0 spiro atoms. The zero-order valence-corrected chi connectivity index (χ0v) is 17.6. The Morgan fingerprint density at radius 1 is 1.25 bits per heavy atom. The molecule has 10 heteroatoms. The van der Waals surface area contributed by atoms with Crippen molar-refractivity contribution in [2.45, 2.75) is 25.4 Å². The van der Waals surface area contributed by atoms with Crippen molar-refractivity contribution in [2.75, 3.05) is 5.32 Å². The number of nitriles is 1. The van der Waals surface area contributed by atoms with E-state index in [-0.39, 0.29) is 17.4 Å². The molecule has 0 bridgehead atoms. The van der Waals surface area contributed by atoms with Gasteiger partial charge in [-0.15, -0.1) is 4.80 Å². The highest BCUT2D eigenvalue weighted by Gasteiger charge is 2.34. The van der Waals surface area contributed by atoms with Crippen LogP contribution in [0.25, 0.3) is 5.82 Å². The lowest BCUT2D eigenvalue weighted by Gasteiger charge is -2.09. The minimum atomic E-state index is -0.297. The maximum absolute atomic E-state index is 13.0. The van der Waals surface area contributed by atoms with Gasteiger partial charge in [-0.05, 0) is 41.9 Å². The van der Waals surface area contributed by atoms with Crippen LogP contribution in [0.2, 0.25) is 0 Å². The monoisotopic (exact) mass is 443 g/mol. The second-order valence-electron chi connectivity index (χ2n) is 7.26. The molecule has 1 aliphatic carbocycles. The molecule has 3 aromatic heterocycles. The topological polar surface area (TPSA) is 119 Å². The summed E-state index contributed by atoms with van der Waals surface area (Å²) in [6.07, 6.45) is 6.48. The van der Waals surface area contributed by atoms with E-state index < -0.39 is 0 Å². The van der Waals surface area contributed by atoms with Gasteiger partial charge in [0.1, 0.15) is 23.1 Å². The Morgan fingerprint density at radius 2 is 2.03 bits per heavy atom. The van der Waals surface area contributed by atoms with Gasteiger partial charge in [0.2, 0.25) is 5.88 Å². The highest BCUT2D eigenvalue weighted by atomic mass is 32.1. The highest BCUT2D eigenvalue weighted by molar-refractivity contribution is 7.08. The number of carbonyl (C=O) groups excluding carboxylic acids is 1. The van der Waals surface area contributed by atoms with Crippen LogP contribution in [-0.2, 0) is 6.61 Å². The number of rotatable bonds is 7. The highest BCUT2D eigenvalue weighted by Crippen LogP contribution is 2.47. The number of benzene rings is 1. The van der Waals surface area contributed by atoms with Crippen LogP contribution in [0.4, 0.5) is 5.69 Å². The van der Waals surface area contributed by atoms with Crippen molar-refractivity contribution >= 4 is 23.1 Å². The van der Waals surface area contributed by atoms with Gasteiger partial charge in [0, 0.05) is 5.56 Å². The molecule has 0 unspecified atom stereocenters. The Labute approximate surface area is 187 Å². The lowest BCUT2D eigenvalue weighted by Crippen LogP contribution is -2.13. The number of amides is 1. The van der Waals surface area contributed by atoms with E-state index in [1.54, 1.807) is 6.07 Å². The van der Waals surface area contributed by atoms with E-state index in [1.165, 1.54) is 23.4 Å². The normalized spacial score (nSPS) is 12.8. The van der Waals surface area contributed by atoms with Gasteiger partial charge >= 0.3 is 0 Å². The first kappa shape index (κ1) is 19.8. The van der Waals surface area contributed by atoms with Crippen molar-refractivity contribution in [3.63, 3.8) is 0 Å². The summed E-state index contributed by atoms with van der Waals surface area (Å²) in [6.45, 7) is 0.393. The summed E-state index contributed by atoms with van der Waals surface area (Å²) < 4.78 is 10.4. The quantitative estimate of drug-likeness (QED) is 0.462. The number of carbonyl (C=O) groups is 1. The van der Waals surface area contributed by atoms with Crippen molar-refractivity contribution in [2.24, 2.45) is 0 Å². The molecule has 9 nitrogen and oxygen atoms in total. The molecule has 0 saturated heterocycles. The molecular formula is C22H17N7O2S. The van der Waals surface area contributed by atoms with E-state index in [2.05, 4.69) is 30.9 Å². The third kappa shape index (κ3) is 4.06. The van der Waals surface area contributed by atoms with E-state index in [4.69, 9.17) is 4.74 Å². The van der Waals surface area contributed by atoms with Gasteiger partial charge in [-0.1, -0.05) is 30.3 Å². The van der Waals surface area contributed by atoms with Crippen molar-refractivity contribution in [3.05, 3.63) is 76.6 Å². The molecule has 0 radical (unpaired) electrons. The Hall–Kier alpha value is -4.10. The zero-order valence-electron chi connectivity index (χ0n) is 16.8. The molecule has 3 heterocycles. The molecule has 1 amide bonds. The molecule has 32 heavy (non-hydrogen) atoms. The van der Waals surface area contributed by atoms with Gasteiger partial charge in [-0.25, -0.2) is 4.98 Å². The van der Waals surface area contributed by atoms with Crippen molar-refractivity contribution in [1.82, 2.24) is 24.4 Å². The average molecular weight is 443 g/mol. The second kappa shape index (κ2) is 8.56. The Bertz CT molecular complexity index is 1290. The van der Waals surface area contributed by atoms with E-state index >= 15 is 0 Å². The van der Waals surface area contributed by atoms with Crippen molar-refractivity contribution in [3.8, 4) is 17.8 Å². The third-order valence-corrected chi connectivity index (χ3v) is 5.80. The minimum Gasteiger partial charge on any atom is -0.472 e. The summed E-state index contributed by atoms with van der Waals surface area (Å²) in [4.78, 5) is 19.1. The molecule has 158 valence electrons. The molecule has 0 aliphatic heterocycles. The standard InChI is InChI=1S/C22H17N7O2S/c23-11-16-10-17(12-24-20(16)29-25-8-9-26-29)27-21(30)19-18(15-6-7-15)22(28-32-19)31-13-14-4-2-1-3-5-14/h1-5,8-10,12,15H,6-7,13H2,(H,27,30). The lowest BCUT2D eigenvalue weighted by molar-refractivity contribution is 0.102. The molecule has 5 rings (SSSR count). The van der Waals surface area contributed by atoms with Crippen LogP contribution >= 0.6 is 11.5 Å². The molecule has 1 N–H and O–H groups in total. The first-order valence-corrected chi connectivity index (χ1v) is 10.7. The van der Waals surface area contributed by atoms with Crippen LogP contribution in [0, 0.1) is 11.3 Å². The molecule has 1 aliphatic rings. The van der Waals surface area contributed by atoms with Gasteiger partial charge in [-0.2, -0.15) is 19.8 Å². The van der Waals surface area contributed by atoms with E-state index in [0.29, 0.717) is 28.9 Å². The number of nitrogens with zero attached hydrogens (tertiary/aromatic N) is 6. The van der Waals surface area contributed by atoms with Crippen LogP contribution in [-0.4, -0.2) is 30.3 Å². The average Bonchev–Trinajstić information content (AvgIpc) is 3.33. The van der Waals surface area contributed by atoms with E-state index in [0.717, 1.165) is 35.5 Å². The molecule has 1 aromatic carbocycles. The fourth-order valence-corrected chi connectivity index (χ4v) is 4.10. The summed E-state index contributed by atoms with van der Waals surface area (Å²) >= 11 is 1.12. The largest absolute Gasteiger partial charge is 0.472 e. The van der Waals surface area contributed by atoms with Gasteiger partial charge in [0.05, 0.1) is 24.3 Å². The van der Waals surface area contributed by atoms with Gasteiger partial charge in [0.25, 0.3) is 5.91 Å². The van der Waals surface area contributed by atoms with Crippen LogP contribution in [0.15, 0.2) is 55.0 Å². The first-order chi connectivity index (χ1) is 15.7.